The van der Waals surface area contributed by atoms with Gasteiger partial charge in [-0.05, 0) is 18.1 Å². The average Bonchev–Trinajstić information content (AvgIpc) is 2.87. The van der Waals surface area contributed by atoms with E-state index in [-0.39, 0.29) is 32.0 Å². The van der Waals surface area contributed by atoms with Gasteiger partial charge in [0, 0.05) is 52.2 Å². The average molecular weight is 467 g/mol. The maximum absolute atomic E-state index is 12.9. The van der Waals surface area contributed by atoms with E-state index in [2.05, 4.69) is 22.3 Å². The summed E-state index contributed by atoms with van der Waals surface area (Å²) in [4.78, 5) is 43.0. The number of benzene rings is 2. The van der Waals surface area contributed by atoms with Crippen molar-refractivity contribution < 1.29 is 19.1 Å². The van der Waals surface area contributed by atoms with E-state index in [0.717, 1.165) is 25.2 Å². The van der Waals surface area contributed by atoms with E-state index < -0.39 is 12.0 Å². The Kier molecular flexibility index (Phi) is 9.91. The lowest BCUT2D eigenvalue weighted by molar-refractivity contribution is -0.141. The molecule has 3 rings (SSSR count). The molecule has 3 amide bonds. The number of piperazine rings is 1. The SMILES string of the molecule is CCOC(=O)CNC(=O)N(CCC(=O)N1CCN(Cc2ccccc2)CC1)Cc1ccccc1. The lowest BCUT2D eigenvalue weighted by Gasteiger charge is -2.35. The summed E-state index contributed by atoms with van der Waals surface area (Å²) >= 11 is 0. The summed E-state index contributed by atoms with van der Waals surface area (Å²) in [6.07, 6.45) is 0.234. The van der Waals surface area contributed by atoms with Crippen LogP contribution in [0.1, 0.15) is 24.5 Å². The minimum atomic E-state index is -0.486. The van der Waals surface area contributed by atoms with E-state index in [0.29, 0.717) is 19.6 Å². The fourth-order valence-electron chi connectivity index (χ4n) is 3.91. The van der Waals surface area contributed by atoms with Crippen molar-refractivity contribution in [2.75, 3.05) is 45.9 Å². The lowest BCUT2D eigenvalue weighted by Crippen LogP contribution is -2.49. The molecule has 8 nitrogen and oxygen atoms in total. The number of rotatable bonds is 10. The standard InChI is InChI=1S/C26H34N4O4/c1-2-34-25(32)19-27-26(33)30(21-23-11-7-4-8-12-23)14-13-24(31)29-17-15-28(16-18-29)20-22-9-5-3-6-10-22/h3-12H,2,13-21H2,1H3,(H,27,33). The predicted octanol–water partition coefficient (Wildman–Crippen LogP) is 2.50. The predicted molar refractivity (Wildman–Crippen MR) is 130 cm³/mol. The first kappa shape index (κ1) is 25.2. The minimum absolute atomic E-state index is 0.0376. The van der Waals surface area contributed by atoms with Gasteiger partial charge in [-0.2, -0.15) is 0 Å². The molecule has 0 bridgehead atoms. The molecule has 0 atom stereocenters. The van der Waals surface area contributed by atoms with Crippen molar-refractivity contribution in [2.45, 2.75) is 26.4 Å². The Labute approximate surface area is 201 Å². The molecule has 1 saturated heterocycles. The van der Waals surface area contributed by atoms with Crippen LogP contribution in [0.25, 0.3) is 0 Å². The molecular weight excluding hydrogens is 432 g/mol. The van der Waals surface area contributed by atoms with Crippen LogP contribution in [0.3, 0.4) is 0 Å². The Morgan fingerprint density at radius 2 is 1.53 bits per heavy atom. The largest absolute Gasteiger partial charge is 0.465 e. The zero-order valence-corrected chi connectivity index (χ0v) is 19.8. The Hall–Kier alpha value is -3.39. The van der Waals surface area contributed by atoms with Gasteiger partial charge < -0.3 is 19.9 Å². The normalized spacial score (nSPS) is 13.9. The van der Waals surface area contributed by atoms with Crippen molar-refractivity contribution in [3.8, 4) is 0 Å². The Morgan fingerprint density at radius 3 is 2.15 bits per heavy atom. The van der Waals surface area contributed by atoms with Crippen LogP contribution in [-0.4, -0.2) is 78.5 Å². The molecule has 2 aromatic carbocycles. The van der Waals surface area contributed by atoms with E-state index in [1.807, 2.05) is 53.4 Å². The first-order chi connectivity index (χ1) is 16.5. The van der Waals surface area contributed by atoms with Crippen molar-refractivity contribution in [3.63, 3.8) is 0 Å². The Morgan fingerprint density at radius 1 is 0.912 bits per heavy atom. The highest BCUT2D eigenvalue weighted by molar-refractivity contribution is 5.82. The zero-order valence-electron chi connectivity index (χ0n) is 19.8. The molecule has 8 heteroatoms. The van der Waals surface area contributed by atoms with Gasteiger partial charge in [0.05, 0.1) is 6.61 Å². The fourth-order valence-corrected chi connectivity index (χ4v) is 3.91. The van der Waals surface area contributed by atoms with E-state index in [1.165, 1.54) is 5.56 Å². The quantitative estimate of drug-likeness (QED) is 0.544. The monoisotopic (exact) mass is 466 g/mol. The summed E-state index contributed by atoms with van der Waals surface area (Å²) < 4.78 is 4.88. The molecule has 0 aromatic heterocycles. The smallest absolute Gasteiger partial charge is 0.325 e. The van der Waals surface area contributed by atoms with Crippen LogP contribution in [0.15, 0.2) is 60.7 Å². The maximum Gasteiger partial charge on any atom is 0.325 e. The Bertz CT molecular complexity index is 915. The molecule has 1 aliphatic rings. The highest BCUT2D eigenvalue weighted by Crippen LogP contribution is 2.11. The summed E-state index contributed by atoms with van der Waals surface area (Å²) in [5.41, 5.74) is 2.23. The summed E-state index contributed by atoms with van der Waals surface area (Å²) in [7, 11) is 0. The van der Waals surface area contributed by atoms with Gasteiger partial charge in [0.2, 0.25) is 5.91 Å². The summed E-state index contributed by atoms with van der Waals surface area (Å²) in [6.45, 7) is 6.30. The van der Waals surface area contributed by atoms with E-state index in [1.54, 1.807) is 11.8 Å². The van der Waals surface area contributed by atoms with E-state index >= 15 is 0 Å². The molecule has 0 aliphatic carbocycles. The van der Waals surface area contributed by atoms with Crippen LogP contribution in [0.4, 0.5) is 4.79 Å². The number of nitrogens with zero attached hydrogens (tertiary/aromatic N) is 3. The highest BCUT2D eigenvalue weighted by atomic mass is 16.5. The number of ether oxygens (including phenoxy) is 1. The molecule has 0 unspecified atom stereocenters. The van der Waals surface area contributed by atoms with Crippen molar-refractivity contribution in [1.82, 2.24) is 20.0 Å². The molecule has 34 heavy (non-hydrogen) atoms. The Balaban J connectivity index is 1.49. The second kappa shape index (κ2) is 13.3. The molecule has 0 spiro atoms. The van der Waals surface area contributed by atoms with Crippen LogP contribution >= 0.6 is 0 Å². The van der Waals surface area contributed by atoms with E-state index in [9.17, 15) is 14.4 Å². The molecule has 1 aliphatic heterocycles. The lowest BCUT2D eigenvalue weighted by atomic mass is 10.2. The van der Waals surface area contributed by atoms with Gasteiger partial charge in [-0.1, -0.05) is 60.7 Å². The van der Waals surface area contributed by atoms with Crippen molar-refractivity contribution in [3.05, 3.63) is 71.8 Å². The second-order valence-electron chi connectivity index (χ2n) is 8.26. The zero-order chi connectivity index (χ0) is 24.2. The van der Waals surface area contributed by atoms with Crippen molar-refractivity contribution in [1.29, 1.82) is 0 Å². The minimum Gasteiger partial charge on any atom is -0.465 e. The van der Waals surface area contributed by atoms with Crippen LogP contribution in [0, 0.1) is 0 Å². The van der Waals surface area contributed by atoms with Crippen molar-refractivity contribution in [2.24, 2.45) is 0 Å². The van der Waals surface area contributed by atoms with Gasteiger partial charge in [0.15, 0.2) is 0 Å². The van der Waals surface area contributed by atoms with Gasteiger partial charge >= 0.3 is 12.0 Å². The second-order valence-corrected chi connectivity index (χ2v) is 8.26. The summed E-state index contributed by atoms with van der Waals surface area (Å²) in [5.74, 6) is -0.449. The third-order valence-corrected chi connectivity index (χ3v) is 5.76. The third kappa shape index (κ3) is 8.19. The van der Waals surface area contributed by atoms with Crippen LogP contribution in [0.2, 0.25) is 0 Å². The maximum atomic E-state index is 12.9. The number of hydrogen-bond donors (Lipinski definition) is 1. The number of nitrogens with one attached hydrogen (secondary N) is 1. The van der Waals surface area contributed by atoms with Crippen molar-refractivity contribution >= 4 is 17.9 Å². The third-order valence-electron chi connectivity index (χ3n) is 5.76. The molecule has 182 valence electrons. The van der Waals surface area contributed by atoms with Crippen LogP contribution in [0.5, 0.6) is 0 Å². The van der Waals surface area contributed by atoms with Crippen LogP contribution in [-0.2, 0) is 27.4 Å². The van der Waals surface area contributed by atoms with Gasteiger partial charge in [0.25, 0.3) is 0 Å². The van der Waals surface area contributed by atoms with Gasteiger partial charge in [-0.15, -0.1) is 0 Å². The van der Waals surface area contributed by atoms with E-state index in [4.69, 9.17) is 4.74 Å². The molecule has 0 radical (unpaired) electrons. The van der Waals surface area contributed by atoms with Gasteiger partial charge in [-0.25, -0.2) is 4.79 Å². The molecule has 1 fully saturated rings. The number of esters is 1. The molecular formula is C26H34N4O4. The first-order valence-electron chi connectivity index (χ1n) is 11.8. The molecule has 1 heterocycles. The summed E-state index contributed by atoms with van der Waals surface area (Å²) in [5, 5.41) is 2.60. The number of urea groups is 1. The number of carbonyl (C=O) groups is 3. The van der Waals surface area contributed by atoms with Gasteiger partial charge in [0.1, 0.15) is 6.54 Å². The molecule has 1 N–H and O–H groups in total. The molecule has 2 aromatic rings. The number of carbonyl (C=O) groups excluding carboxylic acids is 3. The summed E-state index contributed by atoms with van der Waals surface area (Å²) in [6, 6.07) is 19.5. The van der Waals surface area contributed by atoms with Gasteiger partial charge in [-0.3, -0.25) is 14.5 Å². The fraction of sp³-hybridized carbons (Fsp3) is 0.423. The number of amides is 3. The topological polar surface area (TPSA) is 82.2 Å². The highest BCUT2D eigenvalue weighted by Gasteiger charge is 2.23. The number of hydrogen-bond acceptors (Lipinski definition) is 5. The molecule has 0 saturated carbocycles. The van der Waals surface area contributed by atoms with Crippen LogP contribution < -0.4 is 5.32 Å². The first-order valence-corrected chi connectivity index (χ1v) is 11.8.